The van der Waals surface area contributed by atoms with Gasteiger partial charge in [0.1, 0.15) is 5.58 Å². The van der Waals surface area contributed by atoms with Crippen molar-refractivity contribution in [2.75, 3.05) is 26.2 Å². The predicted molar refractivity (Wildman–Crippen MR) is 104 cm³/mol. The second kappa shape index (κ2) is 6.47. The first kappa shape index (κ1) is 17.5. The Morgan fingerprint density at radius 1 is 1.14 bits per heavy atom. The molecule has 1 atom stereocenters. The Kier molecular flexibility index (Phi) is 4.03. The molecule has 1 saturated carbocycles. The topological polar surface area (TPSA) is 70.8 Å². The smallest absolute Gasteiger partial charge is 0.289 e. The Bertz CT molecular complexity index is 1010. The molecule has 2 amide bonds. The minimum absolute atomic E-state index is 0.0545. The van der Waals surface area contributed by atoms with E-state index in [4.69, 9.17) is 4.42 Å². The van der Waals surface area contributed by atoms with Crippen LogP contribution in [0.1, 0.15) is 42.7 Å². The van der Waals surface area contributed by atoms with E-state index in [1.54, 1.807) is 29.2 Å². The van der Waals surface area contributed by atoms with E-state index in [1.807, 2.05) is 4.90 Å². The average Bonchev–Trinajstić information content (AvgIpc) is 3.42. The fraction of sp³-hybridized carbons (Fsp3) is 0.500. The molecule has 0 bridgehead atoms. The van der Waals surface area contributed by atoms with Crippen LogP contribution in [-0.4, -0.2) is 47.8 Å². The number of amides is 2. The standard InChI is InChI=1S/C22H24N2O4/c25-17-12-19(28-18-5-2-1-4-16(17)18)20(26)24-11-9-22(14-24)8-3-10-23(21(22)27)13-15-6-7-15/h1-2,4-5,12,15H,3,6-11,13-14H2/t22-/m1/s1. The molecule has 0 radical (unpaired) electrons. The van der Waals surface area contributed by atoms with Crippen molar-refractivity contribution in [3.63, 3.8) is 0 Å². The van der Waals surface area contributed by atoms with Gasteiger partial charge in [-0.05, 0) is 50.2 Å². The van der Waals surface area contributed by atoms with Crippen LogP contribution in [0.2, 0.25) is 0 Å². The van der Waals surface area contributed by atoms with Crippen LogP contribution in [0.5, 0.6) is 0 Å². The Labute approximate surface area is 163 Å². The van der Waals surface area contributed by atoms with Gasteiger partial charge in [0, 0.05) is 32.2 Å². The number of hydrogen-bond acceptors (Lipinski definition) is 4. The van der Waals surface area contributed by atoms with E-state index in [0.717, 1.165) is 25.9 Å². The van der Waals surface area contributed by atoms with Crippen LogP contribution in [0, 0.1) is 11.3 Å². The van der Waals surface area contributed by atoms with Crippen LogP contribution >= 0.6 is 0 Å². The quantitative estimate of drug-likeness (QED) is 0.821. The fourth-order valence-corrected chi connectivity index (χ4v) is 4.73. The summed E-state index contributed by atoms with van der Waals surface area (Å²) in [7, 11) is 0. The van der Waals surface area contributed by atoms with Crippen molar-refractivity contribution in [1.82, 2.24) is 9.80 Å². The molecule has 2 saturated heterocycles. The zero-order valence-corrected chi connectivity index (χ0v) is 15.9. The number of fused-ring (bicyclic) bond motifs is 1. The maximum atomic E-state index is 13.2. The average molecular weight is 380 g/mol. The van der Waals surface area contributed by atoms with Gasteiger partial charge in [0.2, 0.25) is 5.91 Å². The van der Waals surface area contributed by atoms with Crippen LogP contribution in [0.3, 0.4) is 0 Å². The van der Waals surface area contributed by atoms with Crippen LogP contribution in [-0.2, 0) is 4.79 Å². The van der Waals surface area contributed by atoms with Gasteiger partial charge < -0.3 is 14.2 Å². The minimum atomic E-state index is -0.458. The van der Waals surface area contributed by atoms with Crippen LogP contribution in [0.25, 0.3) is 11.0 Å². The molecule has 146 valence electrons. The van der Waals surface area contributed by atoms with E-state index < -0.39 is 5.41 Å². The Balaban J connectivity index is 1.37. The number of nitrogens with zero attached hydrogens (tertiary/aromatic N) is 2. The Hall–Kier alpha value is -2.63. The normalized spacial score (nSPS) is 25.1. The van der Waals surface area contributed by atoms with Gasteiger partial charge in [-0.15, -0.1) is 0 Å². The van der Waals surface area contributed by atoms with Gasteiger partial charge in [-0.2, -0.15) is 0 Å². The summed E-state index contributed by atoms with van der Waals surface area (Å²) in [5, 5.41) is 0.468. The van der Waals surface area contributed by atoms with Crippen molar-refractivity contribution in [3.8, 4) is 0 Å². The maximum Gasteiger partial charge on any atom is 0.289 e. The highest BCUT2D eigenvalue weighted by atomic mass is 16.3. The van der Waals surface area contributed by atoms with E-state index in [0.29, 0.717) is 36.4 Å². The summed E-state index contributed by atoms with van der Waals surface area (Å²) in [6.07, 6.45) is 4.96. The lowest BCUT2D eigenvalue weighted by Gasteiger charge is -2.39. The zero-order chi connectivity index (χ0) is 19.3. The second-order valence-electron chi connectivity index (χ2n) is 8.53. The summed E-state index contributed by atoms with van der Waals surface area (Å²) in [6.45, 7) is 2.65. The molecule has 3 fully saturated rings. The number of rotatable bonds is 3. The summed E-state index contributed by atoms with van der Waals surface area (Å²) >= 11 is 0. The van der Waals surface area contributed by atoms with Gasteiger partial charge in [0.25, 0.3) is 5.91 Å². The third kappa shape index (κ3) is 2.91. The highest BCUT2D eigenvalue weighted by Gasteiger charge is 2.50. The maximum absolute atomic E-state index is 13.2. The first-order valence-corrected chi connectivity index (χ1v) is 10.2. The molecular weight excluding hydrogens is 356 g/mol. The first-order chi connectivity index (χ1) is 13.6. The number of hydrogen-bond donors (Lipinski definition) is 0. The van der Waals surface area contributed by atoms with Crippen molar-refractivity contribution in [2.45, 2.75) is 32.1 Å². The van der Waals surface area contributed by atoms with Gasteiger partial charge in [-0.1, -0.05) is 12.1 Å². The molecule has 6 heteroatoms. The van der Waals surface area contributed by atoms with Crippen molar-refractivity contribution in [3.05, 3.63) is 46.3 Å². The molecule has 0 unspecified atom stereocenters. The van der Waals surface area contributed by atoms with Gasteiger partial charge in [0.15, 0.2) is 11.2 Å². The van der Waals surface area contributed by atoms with Gasteiger partial charge >= 0.3 is 0 Å². The SMILES string of the molecule is O=C(c1cc(=O)c2ccccc2o1)N1CC[C@]2(CCCN(CC3CC3)C2=O)C1. The molecule has 2 aliphatic heterocycles. The number of carbonyl (C=O) groups is 2. The lowest BCUT2D eigenvalue weighted by atomic mass is 9.78. The molecule has 6 nitrogen and oxygen atoms in total. The highest BCUT2D eigenvalue weighted by molar-refractivity contribution is 5.94. The molecule has 5 rings (SSSR count). The highest BCUT2D eigenvalue weighted by Crippen LogP contribution is 2.42. The van der Waals surface area contributed by atoms with Gasteiger partial charge in [0.05, 0.1) is 10.8 Å². The Morgan fingerprint density at radius 3 is 2.79 bits per heavy atom. The summed E-state index contributed by atoms with van der Waals surface area (Å²) in [5.41, 5.74) is -0.264. The Morgan fingerprint density at radius 2 is 1.96 bits per heavy atom. The number of likely N-dealkylation sites (tertiary alicyclic amines) is 2. The number of carbonyl (C=O) groups excluding carboxylic acids is 2. The summed E-state index contributed by atoms with van der Waals surface area (Å²) in [6, 6.07) is 8.21. The first-order valence-electron chi connectivity index (χ1n) is 10.2. The van der Waals surface area contributed by atoms with Crippen molar-refractivity contribution in [1.29, 1.82) is 0 Å². The van der Waals surface area contributed by atoms with Crippen LogP contribution in [0.4, 0.5) is 0 Å². The minimum Gasteiger partial charge on any atom is -0.451 e. The monoisotopic (exact) mass is 380 g/mol. The molecule has 28 heavy (non-hydrogen) atoms. The molecule has 3 heterocycles. The van der Waals surface area contributed by atoms with E-state index in [-0.39, 0.29) is 23.0 Å². The fourth-order valence-electron chi connectivity index (χ4n) is 4.73. The van der Waals surface area contributed by atoms with E-state index >= 15 is 0 Å². The molecule has 2 aromatic rings. The molecule has 0 N–H and O–H groups in total. The molecule has 3 aliphatic rings. The number of piperidine rings is 1. The molecule has 1 aliphatic carbocycles. The summed E-state index contributed by atoms with van der Waals surface area (Å²) < 4.78 is 5.71. The lowest BCUT2D eigenvalue weighted by Crippen LogP contribution is -2.51. The molecule has 1 aromatic carbocycles. The van der Waals surface area contributed by atoms with Crippen molar-refractivity contribution < 1.29 is 14.0 Å². The third-order valence-electron chi connectivity index (χ3n) is 6.49. The number of para-hydroxylation sites is 1. The van der Waals surface area contributed by atoms with E-state index in [2.05, 4.69) is 0 Å². The van der Waals surface area contributed by atoms with Gasteiger partial charge in [-0.25, -0.2) is 0 Å². The second-order valence-corrected chi connectivity index (χ2v) is 8.53. The summed E-state index contributed by atoms with van der Waals surface area (Å²) in [5.74, 6) is 0.636. The van der Waals surface area contributed by atoms with Crippen molar-refractivity contribution >= 4 is 22.8 Å². The van der Waals surface area contributed by atoms with E-state index in [1.165, 1.54) is 18.9 Å². The van der Waals surface area contributed by atoms with Crippen molar-refractivity contribution in [2.24, 2.45) is 11.3 Å². The number of benzene rings is 1. The van der Waals surface area contributed by atoms with Gasteiger partial charge in [-0.3, -0.25) is 14.4 Å². The predicted octanol–water partition coefficient (Wildman–Crippen LogP) is 2.66. The summed E-state index contributed by atoms with van der Waals surface area (Å²) in [4.78, 5) is 42.2. The lowest BCUT2D eigenvalue weighted by molar-refractivity contribution is -0.145. The molecule has 1 spiro atoms. The third-order valence-corrected chi connectivity index (χ3v) is 6.49. The zero-order valence-electron chi connectivity index (χ0n) is 15.9. The molecule has 1 aromatic heterocycles. The van der Waals surface area contributed by atoms with Crippen LogP contribution in [0.15, 0.2) is 39.5 Å². The van der Waals surface area contributed by atoms with Crippen LogP contribution < -0.4 is 5.43 Å². The largest absolute Gasteiger partial charge is 0.451 e. The molecular formula is C22H24N2O4. The van der Waals surface area contributed by atoms with E-state index in [9.17, 15) is 14.4 Å².